The highest BCUT2D eigenvalue weighted by atomic mass is 32.1. The van der Waals surface area contributed by atoms with Gasteiger partial charge in [-0.05, 0) is 60.4 Å². The maximum Gasteiger partial charge on any atom is 0.119 e. The summed E-state index contributed by atoms with van der Waals surface area (Å²) in [6.45, 7) is 6.01. The van der Waals surface area contributed by atoms with Gasteiger partial charge in [-0.25, -0.2) is 0 Å². The second kappa shape index (κ2) is 5.55. The van der Waals surface area contributed by atoms with Crippen LogP contribution in [0.1, 0.15) is 36.6 Å². The Morgan fingerprint density at radius 3 is 2.28 bits per heavy atom. The fraction of sp³-hybridized carbons (Fsp3) is 0.333. The number of hydrogen-bond donors (Lipinski definition) is 1. The van der Waals surface area contributed by atoms with Crippen molar-refractivity contribution in [3.05, 3.63) is 51.7 Å². The Bertz CT molecular complexity index is 499. The first-order valence-electron chi connectivity index (χ1n) is 6.05. The summed E-state index contributed by atoms with van der Waals surface area (Å²) < 4.78 is 5.58. The van der Waals surface area contributed by atoms with Crippen LogP contribution in [0, 0.1) is 6.92 Å². The van der Waals surface area contributed by atoms with E-state index in [1.54, 1.807) is 11.3 Å². The number of thiophene rings is 1. The van der Waals surface area contributed by atoms with Crippen LogP contribution >= 0.6 is 11.3 Å². The van der Waals surface area contributed by atoms with E-state index in [9.17, 15) is 5.11 Å². The number of hydrogen-bond acceptors (Lipinski definition) is 3. The highest BCUT2D eigenvalue weighted by molar-refractivity contribution is 7.08. The molecule has 1 aromatic heterocycles. The van der Waals surface area contributed by atoms with Crippen molar-refractivity contribution in [2.45, 2.75) is 33.0 Å². The summed E-state index contributed by atoms with van der Waals surface area (Å²) in [4.78, 5) is 0. The van der Waals surface area contributed by atoms with Gasteiger partial charge in [0.1, 0.15) is 11.9 Å². The standard InChI is InChI=1S/C15H18O2S/c1-10(2)17-13-6-4-12(5-7-13)15(16)14-9-18-8-11(14)3/h4-10,15-16H,1-3H3. The Morgan fingerprint density at radius 2 is 1.78 bits per heavy atom. The molecular weight excluding hydrogens is 244 g/mol. The van der Waals surface area contributed by atoms with Crippen molar-refractivity contribution in [3.63, 3.8) is 0 Å². The van der Waals surface area contributed by atoms with E-state index in [1.165, 1.54) is 0 Å². The average molecular weight is 262 g/mol. The van der Waals surface area contributed by atoms with Gasteiger partial charge >= 0.3 is 0 Å². The number of aryl methyl sites for hydroxylation is 1. The molecule has 0 saturated carbocycles. The Hall–Kier alpha value is -1.32. The fourth-order valence-electron chi connectivity index (χ4n) is 1.83. The third kappa shape index (κ3) is 2.92. The Labute approximate surface area is 112 Å². The second-order valence-corrected chi connectivity index (χ2v) is 5.39. The molecule has 0 aliphatic heterocycles. The van der Waals surface area contributed by atoms with Crippen LogP contribution < -0.4 is 4.74 Å². The van der Waals surface area contributed by atoms with Gasteiger partial charge in [0.2, 0.25) is 0 Å². The van der Waals surface area contributed by atoms with Crippen LogP contribution in [0.5, 0.6) is 5.75 Å². The number of aliphatic hydroxyl groups is 1. The molecule has 1 N–H and O–H groups in total. The third-order valence-corrected chi connectivity index (χ3v) is 3.64. The van der Waals surface area contributed by atoms with Gasteiger partial charge < -0.3 is 9.84 Å². The Balaban J connectivity index is 2.17. The highest BCUT2D eigenvalue weighted by Crippen LogP contribution is 2.28. The predicted octanol–water partition coefficient (Wildman–Crippen LogP) is 3.93. The van der Waals surface area contributed by atoms with Crippen molar-refractivity contribution in [2.24, 2.45) is 0 Å². The molecule has 1 unspecified atom stereocenters. The molecule has 0 bridgehead atoms. The van der Waals surface area contributed by atoms with Gasteiger partial charge in [-0.1, -0.05) is 12.1 Å². The second-order valence-electron chi connectivity index (χ2n) is 4.65. The lowest BCUT2D eigenvalue weighted by atomic mass is 10.0. The molecule has 0 aliphatic carbocycles. The molecule has 1 aromatic carbocycles. The monoisotopic (exact) mass is 262 g/mol. The van der Waals surface area contributed by atoms with Gasteiger partial charge in [0.15, 0.2) is 0 Å². The first-order valence-corrected chi connectivity index (χ1v) is 6.99. The zero-order valence-corrected chi connectivity index (χ0v) is 11.7. The molecule has 2 aromatic rings. The normalized spacial score (nSPS) is 12.7. The van der Waals surface area contributed by atoms with E-state index >= 15 is 0 Å². The van der Waals surface area contributed by atoms with Crippen LogP contribution in [0.4, 0.5) is 0 Å². The summed E-state index contributed by atoms with van der Waals surface area (Å²) in [6, 6.07) is 7.64. The number of benzene rings is 1. The van der Waals surface area contributed by atoms with E-state index in [0.717, 1.165) is 22.4 Å². The van der Waals surface area contributed by atoms with E-state index in [2.05, 4.69) is 5.38 Å². The molecular formula is C15H18O2S. The van der Waals surface area contributed by atoms with Gasteiger partial charge in [0.05, 0.1) is 6.10 Å². The molecule has 0 saturated heterocycles. The van der Waals surface area contributed by atoms with Crippen molar-refractivity contribution in [1.29, 1.82) is 0 Å². The van der Waals surface area contributed by atoms with Crippen LogP contribution in [-0.2, 0) is 0 Å². The lowest BCUT2D eigenvalue weighted by molar-refractivity contribution is 0.219. The molecule has 1 atom stereocenters. The topological polar surface area (TPSA) is 29.5 Å². The fourth-order valence-corrected chi connectivity index (χ4v) is 2.70. The molecule has 3 heteroatoms. The minimum Gasteiger partial charge on any atom is -0.491 e. The highest BCUT2D eigenvalue weighted by Gasteiger charge is 2.13. The largest absolute Gasteiger partial charge is 0.491 e. The van der Waals surface area contributed by atoms with Crippen molar-refractivity contribution >= 4 is 11.3 Å². The molecule has 0 amide bonds. The third-order valence-electron chi connectivity index (χ3n) is 2.76. The zero-order valence-electron chi connectivity index (χ0n) is 10.9. The molecule has 1 heterocycles. The van der Waals surface area contributed by atoms with Crippen LogP contribution in [-0.4, -0.2) is 11.2 Å². The minimum absolute atomic E-state index is 0.167. The lowest BCUT2D eigenvalue weighted by Crippen LogP contribution is -2.06. The Morgan fingerprint density at radius 1 is 1.11 bits per heavy atom. The van der Waals surface area contributed by atoms with Gasteiger partial charge in [0.25, 0.3) is 0 Å². The van der Waals surface area contributed by atoms with Gasteiger partial charge in [0, 0.05) is 0 Å². The number of rotatable bonds is 4. The molecule has 0 aliphatic rings. The van der Waals surface area contributed by atoms with E-state index in [-0.39, 0.29) is 6.10 Å². The Kier molecular flexibility index (Phi) is 4.04. The average Bonchev–Trinajstić information content (AvgIpc) is 2.75. The molecule has 0 spiro atoms. The SMILES string of the molecule is Cc1cscc1C(O)c1ccc(OC(C)C)cc1. The number of ether oxygens (including phenoxy) is 1. The van der Waals surface area contributed by atoms with E-state index < -0.39 is 6.10 Å². The lowest BCUT2D eigenvalue weighted by Gasteiger charge is -2.13. The maximum absolute atomic E-state index is 10.3. The summed E-state index contributed by atoms with van der Waals surface area (Å²) >= 11 is 1.62. The summed E-state index contributed by atoms with van der Waals surface area (Å²) in [5.41, 5.74) is 3.01. The molecule has 0 radical (unpaired) electrons. The van der Waals surface area contributed by atoms with Gasteiger partial charge in [-0.15, -0.1) is 0 Å². The van der Waals surface area contributed by atoms with Crippen molar-refractivity contribution in [2.75, 3.05) is 0 Å². The first-order chi connectivity index (χ1) is 8.58. The van der Waals surface area contributed by atoms with Crippen molar-refractivity contribution in [1.82, 2.24) is 0 Å². The summed E-state index contributed by atoms with van der Waals surface area (Å²) in [7, 11) is 0. The van der Waals surface area contributed by atoms with E-state index in [4.69, 9.17) is 4.74 Å². The van der Waals surface area contributed by atoms with Crippen LogP contribution in [0.25, 0.3) is 0 Å². The van der Waals surface area contributed by atoms with E-state index in [1.807, 2.05) is 50.4 Å². The van der Waals surface area contributed by atoms with Gasteiger partial charge in [-0.3, -0.25) is 0 Å². The van der Waals surface area contributed by atoms with Crippen molar-refractivity contribution < 1.29 is 9.84 Å². The van der Waals surface area contributed by atoms with Crippen LogP contribution in [0.15, 0.2) is 35.0 Å². The molecule has 2 nitrogen and oxygen atoms in total. The van der Waals surface area contributed by atoms with Crippen LogP contribution in [0.3, 0.4) is 0 Å². The van der Waals surface area contributed by atoms with Gasteiger partial charge in [-0.2, -0.15) is 11.3 Å². The smallest absolute Gasteiger partial charge is 0.119 e. The van der Waals surface area contributed by atoms with Crippen molar-refractivity contribution in [3.8, 4) is 5.75 Å². The quantitative estimate of drug-likeness (QED) is 0.904. The first kappa shape index (κ1) is 13.1. The minimum atomic E-state index is -0.552. The predicted molar refractivity (Wildman–Crippen MR) is 75.3 cm³/mol. The molecule has 2 rings (SSSR count). The summed E-state index contributed by atoms with van der Waals surface area (Å²) in [5, 5.41) is 14.3. The molecule has 18 heavy (non-hydrogen) atoms. The zero-order chi connectivity index (χ0) is 13.1. The number of aliphatic hydroxyl groups excluding tert-OH is 1. The maximum atomic E-state index is 10.3. The summed E-state index contributed by atoms with van der Waals surface area (Å²) in [5.74, 6) is 0.836. The molecule has 96 valence electrons. The van der Waals surface area contributed by atoms with Crippen LogP contribution in [0.2, 0.25) is 0 Å². The molecule has 0 fully saturated rings. The summed E-state index contributed by atoms with van der Waals surface area (Å²) in [6.07, 6.45) is -0.385. The van der Waals surface area contributed by atoms with E-state index in [0.29, 0.717) is 0 Å².